The molecule has 1 aliphatic rings. The molecule has 0 radical (unpaired) electrons. The Balaban J connectivity index is 1.34. The molecule has 4 aromatic rings. The van der Waals surface area contributed by atoms with Crippen molar-refractivity contribution in [2.45, 2.75) is 0 Å². The van der Waals surface area contributed by atoms with Gasteiger partial charge in [-0.15, -0.1) is 0 Å². The molecule has 0 atom stereocenters. The van der Waals surface area contributed by atoms with Crippen LogP contribution < -0.4 is 0 Å². The van der Waals surface area contributed by atoms with Crippen molar-refractivity contribution in [1.82, 2.24) is 14.8 Å². The highest BCUT2D eigenvalue weighted by atomic mass is 32.1. The van der Waals surface area contributed by atoms with Gasteiger partial charge in [-0.1, -0.05) is 18.2 Å². The molecule has 2 aromatic heterocycles. The maximum atomic E-state index is 14.7. The number of fused-ring (bicyclic) bond motifs is 1. The van der Waals surface area contributed by atoms with Gasteiger partial charge in [-0.25, -0.2) is 4.39 Å². The number of carbonyl (C=O) groups excluding carboxylic acids is 3. The molecule has 1 saturated heterocycles. The van der Waals surface area contributed by atoms with Gasteiger partial charge in [0.05, 0.1) is 11.1 Å². The van der Waals surface area contributed by atoms with E-state index in [2.05, 4.69) is 4.98 Å². The molecule has 1 aliphatic heterocycles. The molecule has 5 rings (SSSR count). The summed E-state index contributed by atoms with van der Waals surface area (Å²) in [6.45, 7) is 1.15. The van der Waals surface area contributed by atoms with Crippen molar-refractivity contribution in [3.8, 4) is 11.1 Å². The van der Waals surface area contributed by atoms with Crippen molar-refractivity contribution in [3.63, 3.8) is 0 Å². The number of thiophene rings is 1. The number of rotatable bonds is 4. The molecule has 0 unspecified atom stereocenters. The number of hydrogen-bond acceptors (Lipinski definition) is 4. The predicted molar refractivity (Wildman–Crippen MR) is 125 cm³/mol. The van der Waals surface area contributed by atoms with Gasteiger partial charge in [-0.05, 0) is 46.7 Å². The summed E-state index contributed by atoms with van der Waals surface area (Å²) in [5, 5.41) is 3.98. The minimum absolute atomic E-state index is 0.0207. The van der Waals surface area contributed by atoms with Gasteiger partial charge in [-0.2, -0.15) is 11.3 Å². The molecule has 0 bridgehead atoms. The number of hydrogen-bond donors (Lipinski definition) is 1. The maximum Gasteiger partial charge on any atom is 0.295 e. The lowest BCUT2D eigenvalue weighted by atomic mass is 10.0. The van der Waals surface area contributed by atoms with Crippen molar-refractivity contribution < 1.29 is 18.8 Å². The lowest BCUT2D eigenvalue weighted by molar-refractivity contribution is -0.127. The first-order valence-electron chi connectivity index (χ1n) is 10.5. The number of piperazine rings is 1. The Labute approximate surface area is 193 Å². The molecule has 1 fully saturated rings. The van der Waals surface area contributed by atoms with Crippen LogP contribution in [0.2, 0.25) is 0 Å². The maximum absolute atomic E-state index is 14.7. The third kappa shape index (κ3) is 3.82. The normalized spacial score (nSPS) is 14.0. The number of aromatic nitrogens is 1. The van der Waals surface area contributed by atoms with Crippen LogP contribution in [-0.2, 0) is 4.79 Å². The van der Waals surface area contributed by atoms with Crippen LogP contribution in [0.25, 0.3) is 22.0 Å². The molecule has 1 N–H and O–H groups in total. The highest BCUT2D eigenvalue weighted by Gasteiger charge is 2.31. The van der Waals surface area contributed by atoms with E-state index in [1.165, 1.54) is 28.5 Å². The quantitative estimate of drug-likeness (QED) is 0.366. The standard InChI is InChI=1S/C25H20FN3O3S/c26-20-7-6-18(17-8-13-33-15-17)22-21(20)19(14-27-22)23(30)25(32)29-11-9-28(10-12-29)24(31)16-4-2-1-3-5-16/h1-8,13-15,27H,9-12H2. The first kappa shape index (κ1) is 21.1. The van der Waals surface area contributed by atoms with Crippen LogP contribution in [0.3, 0.4) is 0 Å². The number of nitrogens with zero attached hydrogens (tertiary/aromatic N) is 2. The van der Waals surface area contributed by atoms with Crippen LogP contribution >= 0.6 is 11.3 Å². The highest BCUT2D eigenvalue weighted by Crippen LogP contribution is 2.33. The zero-order chi connectivity index (χ0) is 22.9. The van der Waals surface area contributed by atoms with Crippen molar-refractivity contribution in [1.29, 1.82) is 0 Å². The lowest BCUT2D eigenvalue weighted by Gasteiger charge is -2.34. The number of benzene rings is 2. The van der Waals surface area contributed by atoms with Crippen LogP contribution in [-0.4, -0.2) is 58.6 Å². The van der Waals surface area contributed by atoms with Crippen LogP contribution in [0.15, 0.2) is 65.5 Å². The Bertz CT molecular complexity index is 1340. The zero-order valence-corrected chi connectivity index (χ0v) is 18.4. The third-order valence-electron chi connectivity index (χ3n) is 5.93. The van der Waals surface area contributed by atoms with Crippen LogP contribution in [0.1, 0.15) is 20.7 Å². The van der Waals surface area contributed by atoms with Gasteiger partial charge in [0.25, 0.3) is 17.6 Å². The van der Waals surface area contributed by atoms with Gasteiger partial charge in [0, 0.05) is 48.9 Å². The first-order valence-corrected chi connectivity index (χ1v) is 11.5. The Morgan fingerprint density at radius 2 is 1.64 bits per heavy atom. The summed E-state index contributed by atoms with van der Waals surface area (Å²) < 4.78 is 14.7. The van der Waals surface area contributed by atoms with Gasteiger partial charge < -0.3 is 14.8 Å². The largest absolute Gasteiger partial charge is 0.360 e. The van der Waals surface area contributed by atoms with E-state index in [-0.39, 0.29) is 29.9 Å². The fraction of sp³-hybridized carbons (Fsp3) is 0.160. The van der Waals surface area contributed by atoms with Gasteiger partial charge in [-0.3, -0.25) is 14.4 Å². The van der Waals surface area contributed by atoms with E-state index in [1.807, 2.05) is 22.9 Å². The van der Waals surface area contributed by atoms with Crippen molar-refractivity contribution >= 4 is 39.8 Å². The van der Waals surface area contributed by atoms with E-state index >= 15 is 0 Å². The average molecular weight is 462 g/mol. The molecule has 2 amide bonds. The zero-order valence-electron chi connectivity index (χ0n) is 17.6. The molecule has 0 aliphatic carbocycles. The summed E-state index contributed by atoms with van der Waals surface area (Å²) in [7, 11) is 0. The molecule has 33 heavy (non-hydrogen) atoms. The molecule has 0 saturated carbocycles. The summed E-state index contributed by atoms with van der Waals surface area (Å²) >= 11 is 1.52. The number of nitrogens with one attached hydrogen (secondary N) is 1. The number of halogens is 1. The first-order chi connectivity index (χ1) is 16.0. The fourth-order valence-corrected chi connectivity index (χ4v) is 4.83. The van der Waals surface area contributed by atoms with Crippen molar-refractivity contribution in [3.05, 3.63) is 82.4 Å². The molecule has 6 nitrogen and oxygen atoms in total. The van der Waals surface area contributed by atoms with Crippen molar-refractivity contribution in [2.75, 3.05) is 26.2 Å². The smallest absolute Gasteiger partial charge is 0.295 e. The monoisotopic (exact) mass is 461 g/mol. The van der Waals surface area contributed by atoms with E-state index in [4.69, 9.17) is 0 Å². The number of carbonyl (C=O) groups is 3. The number of aromatic amines is 1. The van der Waals surface area contributed by atoms with E-state index in [1.54, 1.807) is 35.2 Å². The summed E-state index contributed by atoms with van der Waals surface area (Å²) in [5.41, 5.74) is 2.78. The second-order valence-corrected chi connectivity index (χ2v) is 8.62. The number of Topliss-reactive ketones (excluding diaryl/α,β-unsaturated/α-hetero) is 1. The molecule has 0 spiro atoms. The summed E-state index contributed by atoms with van der Waals surface area (Å²) in [5.74, 6) is -2.11. The predicted octanol–water partition coefficient (Wildman–Crippen LogP) is 4.20. The highest BCUT2D eigenvalue weighted by molar-refractivity contribution is 7.08. The van der Waals surface area contributed by atoms with E-state index in [0.717, 1.165) is 11.1 Å². The van der Waals surface area contributed by atoms with Gasteiger partial charge in [0.1, 0.15) is 5.82 Å². The summed E-state index contributed by atoms with van der Waals surface area (Å²) in [4.78, 5) is 44.7. The average Bonchev–Trinajstić information content (AvgIpc) is 3.55. The second kappa shape index (κ2) is 8.63. The number of amides is 2. The Morgan fingerprint density at radius 1 is 0.909 bits per heavy atom. The molecular formula is C25H20FN3O3S. The lowest BCUT2D eigenvalue weighted by Crippen LogP contribution is -2.52. The molecule has 166 valence electrons. The minimum Gasteiger partial charge on any atom is -0.360 e. The van der Waals surface area contributed by atoms with Gasteiger partial charge in [0.2, 0.25) is 0 Å². The second-order valence-electron chi connectivity index (χ2n) is 7.84. The summed E-state index contributed by atoms with van der Waals surface area (Å²) in [6, 6.07) is 13.8. The van der Waals surface area contributed by atoms with E-state index < -0.39 is 17.5 Å². The Morgan fingerprint density at radius 3 is 2.33 bits per heavy atom. The SMILES string of the molecule is O=C(C(=O)N1CCN(C(=O)c2ccccc2)CC1)c1c[nH]c2c(-c3ccsc3)ccc(F)c12. The number of H-pyrrole nitrogens is 1. The molecule has 2 aromatic carbocycles. The van der Waals surface area contributed by atoms with Gasteiger partial charge >= 0.3 is 0 Å². The van der Waals surface area contributed by atoms with Crippen LogP contribution in [0.4, 0.5) is 4.39 Å². The third-order valence-corrected chi connectivity index (χ3v) is 6.61. The summed E-state index contributed by atoms with van der Waals surface area (Å²) in [6.07, 6.45) is 1.40. The van der Waals surface area contributed by atoms with Crippen LogP contribution in [0.5, 0.6) is 0 Å². The van der Waals surface area contributed by atoms with E-state index in [0.29, 0.717) is 24.2 Å². The molecule has 3 heterocycles. The minimum atomic E-state index is -0.759. The Kier molecular flexibility index (Phi) is 5.51. The topological polar surface area (TPSA) is 73.5 Å². The van der Waals surface area contributed by atoms with E-state index in [9.17, 15) is 18.8 Å². The van der Waals surface area contributed by atoms with Crippen LogP contribution in [0, 0.1) is 5.82 Å². The molecule has 8 heteroatoms. The van der Waals surface area contributed by atoms with Crippen molar-refractivity contribution in [2.24, 2.45) is 0 Å². The fourth-order valence-electron chi connectivity index (χ4n) is 4.18. The number of ketones is 1. The molecular weight excluding hydrogens is 441 g/mol. The Hall–Kier alpha value is -3.78. The van der Waals surface area contributed by atoms with Gasteiger partial charge in [0.15, 0.2) is 0 Å².